The fourth-order valence-electron chi connectivity index (χ4n) is 1.08. The molecule has 5 heteroatoms. The molecule has 1 aliphatic rings. The van der Waals surface area contributed by atoms with Gasteiger partial charge < -0.3 is 10.1 Å². The van der Waals surface area contributed by atoms with Gasteiger partial charge in [-0.25, -0.2) is 9.79 Å². The molecule has 0 bridgehead atoms. The van der Waals surface area contributed by atoms with E-state index in [0.717, 1.165) is 0 Å². The summed E-state index contributed by atoms with van der Waals surface area (Å²) in [5, 5.41) is 3.03. The van der Waals surface area contributed by atoms with Crippen molar-refractivity contribution >= 4 is 22.9 Å². The summed E-state index contributed by atoms with van der Waals surface area (Å²) in [4.78, 5) is 15.3. The topological polar surface area (TPSA) is 50.7 Å². The average Bonchev–Trinajstić information content (AvgIpc) is 2.05. The Hall–Kier alpha value is -1.03. The summed E-state index contributed by atoms with van der Waals surface area (Å²) >= 11 is 5.83. The second-order valence-corrected chi connectivity index (χ2v) is 4.66. The van der Waals surface area contributed by atoms with E-state index in [0.29, 0.717) is 11.6 Å². The Morgan fingerprint density at radius 3 is 2.87 bits per heavy atom. The van der Waals surface area contributed by atoms with Crippen LogP contribution in [-0.4, -0.2) is 22.9 Å². The molecule has 1 amide bonds. The SMILES string of the molecule is CC(C)(C)OC(=O)NC1CC=CN=C1Cl. The number of nitrogens with one attached hydrogen (secondary N) is 1. The van der Waals surface area contributed by atoms with E-state index >= 15 is 0 Å². The van der Waals surface area contributed by atoms with Gasteiger partial charge >= 0.3 is 6.09 Å². The van der Waals surface area contributed by atoms with Crippen molar-refractivity contribution in [2.45, 2.75) is 38.8 Å². The number of ether oxygens (including phenoxy) is 1. The number of nitrogens with zero attached hydrogens (tertiary/aromatic N) is 1. The molecule has 4 nitrogen and oxygen atoms in total. The number of hydrogen-bond donors (Lipinski definition) is 1. The summed E-state index contributed by atoms with van der Waals surface area (Å²) in [6.07, 6.45) is 3.63. The van der Waals surface area contributed by atoms with Gasteiger partial charge in [0.1, 0.15) is 10.8 Å². The highest BCUT2D eigenvalue weighted by molar-refractivity contribution is 6.67. The van der Waals surface area contributed by atoms with Crippen molar-refractivity contribution in [3.63, 3.8) is 0 Å². The number of hydrogen-bond acceptors (Lipinski definition) is 3. The number of alkyl carbamates (subject to hydrolysis) is 1. The molecule has 0 aliphatic carbocycles. The smallest absolute Gasteiger partial charge is 0.408 e. The van der Waals surface area contributed by atoms with Gasteiger partial charge in [-0.05, 0) is 27.2 Å². The van der Waals surface area contributed by atoms with Crippen LogP contribution in [-0.2, 0) is 4.74 Å². The summed E-state index contributed by atoms with van der Waals surface area (Å²) in [5.74, 6) is 0. The lowest BCUT2D eigenvalue weighted by molar-refractivity contribution is 0.0519. The van der Waals surface area contributed by atoms with Crippen LogP contribution < -0.4 is 5.32 Å². The van der Waals surface area contributed by atoms with E-state index in [1.54, 1.807) is 6.20 Å². The van der Waals surface area contributed by atoms with E-state index in [1.165, 1.54) is 0 Å². The minimum Gasteiger partial charge on any atom is -0.444 e. The molecule has 0 fully saturated rings. The molecule has 0 saturated carbocycles. The van der Waals surface area contributed by atoms with E-state index in [9.17, 15) is 4.79 Å². The maximum atomic E-state index is 11.4. The molecular weight excluding hydrogens is 216 g/mol. The van der Waals surface area contributed by atoms with Crippen molar-refractivity contribution in [3.8, 4) is 0 Å². The molecule has 0 radical (unpaired) electrons. The highest BCUT2D eigenvalue weighted by Crippen LogP contribution is 2.10. The van der Waals surface area contributed by atoms with Gasteiger partial charge in [0.05, 0.1) is 6.04 Å². The Labute approximate surface area is 94.4 Å². The minimum atomic E-state index is -0.502. The molecule has 0 aromatic rings. The summed E-state index contributed by atoms with van der Waals surface area (Å²) in [6.45, 7) is 5.43. The van der Waals surface area contributed by atoms with Crippen LogP contribution in [0.3, 0.4) is 0 Å². The zero-order chi connectivity index (χ0) is 11.5. The lowest BCUT2D eigenvalue weighted by Crippen LogP contribution is -2.42. The third kappa shape index (κ3) is 4.34. The first-order chi connectivity index (χ1) is 6.88. The molecule has 1 atom stereocenters. The van der Waals surface area contributed by atoms with Gasteiger partial charge in [-0.2, -0.15) is 0 Å². The monoisotopic (exact) mass is 230 g/mol. The van der Waals surface area contributed by atoms with E-state index in [4.69, 9.17) is 16.3 Å². The number of carbonyl (C=O) groups is 1. The second-order valence-electron chi connectivity index (χ2n) is 4.27. The molecule has 84 valence electrons. The second kappa shape index (κ2) is 4.66. The summed E-state index contributed by atoms with van der Waals surface area (Å²) < 4.78 is 5.10. The van der Waals surface area contributed by atoms with Crippen LogP contribution in [0.5, 0.6) is 0 Å². The maximum absolute atomic E-state index is 11.4. The standard InChI is InChI=1S/C10H15ClN2O2/c1-10(2,3)15-9(14)13-7-5-4-6-12-8(7)11/h4,6-7H,5H2,1-3H3,(H,13,14). The first-order valence-electron chi connectivity index (χ1n) is 4.76. The molecule has 0 aromatic heterocycles. The predicted octanol–water partition coefficient (Wildman–Crippen LogP) is 2.43. The number of amides is 1. The number of rotatable bonds is 1. The lowest BCUT2D eigenvalue weighted by atomic mass is 10.2. The van der Waals surface area contributed by atoms with Crippen LogP contribution in [0.4, 0.5) is 4.79 Å². The predicted molar refractivity (Wildman–Crippen MR) is 60.2 cm³/mol. The third-order valence-electron chi connectivity index (χ3n) is 1.65. The van der Waals surface area contributed by atoms with Gasteiger partial charge in [0.25, 0.3) is 0 Å². The van der Waals surface area contributed by atoms with Crippen LogP contribution in [0.2, 0.25) is 0 Å². The van der Waals surface area contributed by atoms with Crippen molar-refractivity contribution < 1.29 is 9.53 Å². The molecule has 1 heterocycles. The van der Waals surface area contributed by atoms with Crippen LogP contribution in [0, 0.1) is 0 Å². The molecule has 0 aromatic carbocycles. The van der Waals surface area contributed by atoms with Crippen molar-refractivity contribution in [3.05, 3.63) is 12.3 Å². The average molecular weight is 231 g/mol. The summed E-state index contributed by atoms with van der Waals surface area (Å²) in [6, 6.07) is -0.272. The molecular formula is C10H15ClN2O2. The van der Waals surface area contributed by atoms with Crippen molar-refractivity contribution in [1.82, 2.24) is 5.32 Å². The Kier molecular flexibility index (Phi) is 3.74. The quantitative estimate of drug-likeness (QED) is 0.752. The van der Waals surface area contributed by atoms with Crippen LogP contribution in [0.25, 0.3) is 0 Å². The van der Waals surface area contributed by atoms with Gasteiger partial charge in [-0.3, -0.25) is 0 Å². The summed E-state index contributed by atoms with van der Waals surface area (Å²) in [7, 11) is 0. The molecule has 0 spiro atoms. The van der Waals surface area contributed by atoms with Gasteiger partial charge in [-0.15, -0.1) is 0 Å². The zero-order valence-corrected chi connectivity index (χ0v) is 9.84. The number of halogens is 1. The van der Waals surface area contributed by atoms with Crippen molar-refractivity contribution in [2.75, 3.05) is 0 Å². The lowest BCUT2D eigenvalue weighted by Gasteiger charge is -2.23. The first kappa shape index (κ1) is 12.0. The van der Waals surface area contributed by atoms with Crippen LogP contribution in [0.15, 0.2) is 17.3 Å². The van der Waals surface area contributed by atoms with Gasteiger partial charge in [-0.1, -0.05) is 17.7 Å². The van der Waals surface area contributed by atoms with E-state index in [2.05, 4.69) is 10.3 Å². The number of carbonyl (C=O) groups excluding carboxylic acids is 1. The van der Waals surface area contributed by atoms with Gasteiger partial charge in [0.15, 0.2) is 0 Å². The maximum Gasteiger partial charge on any atom is 0.408 e. The highest BCUT2D eigenvalue weighted by atomic mass is 35.5. The van der Waals surface area contributed by atoms with Gasteiger partial charge in [0.2, 0.25) is 0 Å². The zero-order valence-electron chi connectivity index (χ0n) is 9.08. The van der Waals surface area contributed by atoms with Crippen LogP contribution in [0.1, 0.15) is 27.2 Å². The Morgan fingerprint density at radius 1 is 1.67 bits per heavy atom. The Bertz CT molecular complexity index is 305. The molecule has 1 N–H and O–H groups in total. The Balaban J connectivity index is 2.46. The van der Waals surface area contributed by atoms with Crippen LogP contribution >= 0.6 is 11.6 Å². The normalized spacial score (nSPS) is 20.8. The van der Waals surface area contributed by atoms with E-state index in [-0.39, 0.29) is 6.04 Å². The molecule has 1 aliphatic heterocycles. The first-order valence-corrected chi connectivity index (χ1v) is 5.14. The number of aliphatic imine (C=N–C) groups is 1. The third-order valence-corrected chi connectivity index (χ3v) is 2.01. The Morgan fingerprint density at radius 2 is 2.33 bits per heavy atom. The molecule has 15 heavy (non-hydrogen) atoms. The molecule has 1 unspecified atom stereocenters. The summed E-state index contributed by atoms with van der Waals surface area (Å²) in [5.41, 5.74) is -0.502. The fourth-order valence-corrected chi connectivity index (χ4v) is 1.28. The van der Waals surface area contributed by atoms with Gasteiger partial charge in [0, 0.05) is 6.20 Å². The minimum absolute atomic E-state index is 0.272. The van der Waals surface area contributed by atoms with E-state index < -0.39 is 11.7 Å². The van der Waals surface area contributed by atoms with Crippen molar-refractivity contribution in [2.24, 2.45) is 4.99 Å². The van der Waals surface area contributed by atoms with Crippen molar-refractivity contribution in [1.29, 1.82) is 0 Å². The highest BCUT2D eigenvalue weighted by Gasteiger charge is 2.21. The van der Waals surface area contributed by atoms with E-state index in [1.807, 2.05) is 26.8 Å². The fraction of sp³-hybridized carbons (Fsp3) is 0.600. The largest absolute Gasteiger partial charge is 0.444 e. The molecule has 0 saturated heterocycles. The molecule has 1 rings (SSSR count).